The molecule has 216 valence electrons. The van der Waals surface area contributed by atoms with Gasteiger partial charge in [-0.1, -0.05) is 90.5 Å². The van der Waals surface area contributed by atoms with E-state index in [1.165, 1.54) is 5.56 Å². The maximum atomic E-state index is 13.8. The Kier molecular flexibility index (Phi) is 12.0. The molecule has 0 aromatic heterocycles. The molecule has 0 radical (unpaired) electrons. The Labute approximate surface area is 246 Å². The van der Waals surface area contributed by atoms with Gasteiger partial charge in [0.15, 0.2) is 0 Å². The van der Waals surface area contributed by atoms with Gasteiger partial charge in [0.1, 0.15) is 11.8 Å². The molecule has 6 N–H and O–H groups in total. The third kappa shape index (κ3) is 9.75. The smallest absolute Gasteiger partial charge is 0.290 e. The number of anilines is 1. The van der Waals surface area contributed by atoms with Crippen molar-refractivity contribution in [3.05, 3.63) is 137 Å². The molecule has 0 aliphatic rings. The summed E-state index contributed by atoms with van der Waals surface area (Å²) in [6.45, 7) is 1.80. The number of nitrogen functional groups attached to an aromatic ring is 1. The van der Waals surface area contributed by atoms with E-state index in [2.05, 4.69) is 34.9 Å². The number of nitrogens with one attached hydrogen (secondary N) is 3. The van der Waals surface area contributed by atoms with Crippen molar-refractivity contribution in [1.29, 1.82) is 5.41 Å². The van der Waals surface area contributed by atoms with Gasteiger partial charge < -0.3 is 21.5 Å². The third-order valence-corrected chi connectivity index (χ3v) is 6.74. The van der Waals surface area contributed by atoms with Crippen LogP contribution in [0.25, 0.3) is 0 Å². The Bertz CT molecular complexity index is 1440. The lowest BCUT2D eigenvalue weighted by Gasteiger charge is -2.23. The number of carboxylic acid groups (broad SMARTS) is 1. The highest BCUT2D eigenvalue weighted by Gasteiger charge is 2.29. The summed E-state index contributed by atoms with van der Waals surface area (Å²) in [5.74, 6) is -1.64. The van der Waals surface area contributed by atoms with Gasteiger partial charge in [-0.05, 0) is 67.1 Å². The molecule has 2 unspecified atom stereocenters. The minimum absolute atomic E-state index is 0.0477. The average molecular weight is 565 g/mol. The van der Waals surface area contributed by atoms with Crippen molar-refractivity contribution < 1.29 is 19.5 Å². The molecule has 0 aliphatic carbocycles. The maximum absolute atomic E-state index is 13.8. The number of benzene rings is 4. The summed E-state index contributed by atoms with van der Waals surface area (Å²) in [4.78, 5) is 35.6. The number of amidine groups is 1. The number of hydrogen-bond donors (Lipinski definition) is 5. The standard InChI is InChI=1S/C33H34N4O2.CH2O2/c1-23-12-14-25(15-13-23)22-30(26-10-6-3-7-11-26)37-33(39)29(21-16-24-8-4-2-5-9-24)32(38)36-28-19-17-27(18-20-28)31(34)35;2-1-3/h2-15,17-20,29-30H,16,21-22H2,1H3,(H3,34,35)(H,36,38)(H,37,39);1H,(H,2,3). The van der Waals surface area contributed by atoms with Gasteiger partial charge in [-0.25, -0.2) is 0 Å². The van der Waals surface area contributed by atoms with E-state index in [1.54, 1.807) is 24.3 Å². The van der Waals surface area contributed by atoms with E-state index >= 15 is 0 Å². The molecule has 0 heterocycles. The molecular weight excluding hydrogens is 528 g/mol. The number of carbonyl (C=O) groups is 3. The van der Waals surface area contributed by atoms with Crippen LogP contribution in [0.2, 0.25) is 0 Å². The Morgan fingerprint density at radius 1 is 0.833 bits per heavy atom. The second-order valence-corrected chi connectivity index (χ2v) is 9.82. The molecule has 2 amide bonds. The number of aryl methyl sites for hydroxylation is 2. The summed E-state index contributed by atoms with van der Waals surface area (Å²) < 4.78 is 0. The lowest BCUT2D eigenvalue weighted by Crippen LogP contribution is -2.41. The van der Waals surface area contributed by atoms with Crippen LogP contribution in [0.3, 0.4) is 0 Å². The zero-order valence-electron chi connectivity index (χ0n) is 23.5. The van der Waals surface area contributed by atoms with Gasteiger partial charge in [-0.3, -0.25) is 19.8 Å². The Morgan fingerprint density at radius 3 is 1.98 bits per heavy atom. The fourth-order valence-electron chi connectivity index (χ4n) is 4.47. The number of amides is 2. The molecular formula is C34H36N4O4. The van der Waals surface area contributed by atoms with Crippen LogP contribution in [-0.4, -0.2) is 29.2 Å². The van der Waals surface area contributed by atoms with Crippen LogP contribution in [0.5, 0.6) is 0 Å². The van der Waals surface area contributed by atoms with Crippen molar-refractivity contribution in [2.24, 2.45) is 11.7 Å². The van der Waals surface area contributed by atoms with E-state index in [9.17, 15) is 9.59 Å². The van der Waals surface area contributed by atoms with Gasteiger partial charge in [0.25, 0.3) is 6.47 Å². The lowest BCUT2D eigenvalue weighted by molar-refractivity contribution is -0.133. The first kappa shape index (κ1) is 31.3. The molecule has 0 saturated carbocycles. The molecule has 0 fully saturated rings. The van der Waals surface area contributed by atoms with Crippen LogP contribution in [0.15, 0.2) is 109 Å². The summed E-state index contributed by atoms with van der Waals surface area (Å²) in [6.07, 6.45) is 1.55. The van der Waals surface area contributed by atoms with Crippen molar-refractivity contribution in [3.63, 3.8) is 0 Å². The molecule has 4 rings (SSSR count). The second kappa shape index (κ2) is 16.1. The summed E-state index contributed by atoms with van der Waals surface area (Å²) in [7, 11) is 0. The van der Waals surface area contributed by atoms with E-state index in [4.69, 9.17) is 21.0 Å². The highest BCUT2D eigenvalue weighted by molar-refractivity contribution is 6.06. The molecule has 4 aromatic carbocycles. The van der Waals surface area contributed by atoms with Gasteiger partial charge in [0, 0.05) is 11.3 Å². The fraction of sp³-hybridized carbons (Fsp3) is 0.176. The zero-order valence-corrected chi connectivity index (χ0v) is 23.5. The SMILES string of the molecule is Cc1ccc(CC(NC(=O)C(CCc2ccccc2)C(=O)Nc2ccc(C(=N)N)cc2)c2ccccc2)cc1.O=CO. The third-order valence-electron chi connectivity index (χ3n) is 6.74. The highest BCUT2D eigenvalue weighted by atomic mass is 16.3. The first-order chi connectivity index (χ1) is 20.3. The van der Waals surface area contributed by atoms with Crippen molar-refractivity contribution >= 4 is 29.8 Å². The van der Waals surface area contributed by atoms with Crippen molar-refractivity contribution in [3.8, 4) is 0 Å². The van der Waals surface area contributed by atoms with Crippen molar-refractivity contribution in [2.75, 3.05) is 5.32 Å². The average Bonchev–Trinajstić information content (AvgIpc) is 2.99. The Hall–Kier alpha value is -5.24. The lowest BCUT2D eigenvalue weighted by atomic mass is 9.94. The van der Waals surface area contributed by atoms with Crippen LogP contribution in [0.4, 0.5) is 5.69 Å². The zero-order chi connectivity index (χ0) is 30.3. The predicted molar refractivity (Wildman–Crippen MR) is 165 cm³/mol. The summed E-state index contributed by atoms with van der Waals surface area (Å²) in [5.41, 5.74) is 11.0. The van der Waals surface area contributed by atoms with Crippen LogP contribution in [-0.2, 0) is 27.2 Å². The molecule has 42 heavy (non-hydrogen) atoms. The van der Waals surface area contributed by atoms with Gasteiger partial charge in [-0.15, -0.1) is 0 Å². The molecule has 2 atom stereocenters. The molecule has 4 aromatic rings. The quantitative estimate of drug-likeness (QED) is 0.0729. The van der Waals surface area contributed by atoms with Crippen molar-refractivity contribution in [1.82, 2.24) is 5.32 Å². The van der Waals surface area contributed by atoms with Crippen LogP contribution < -0.4 is 16.4 Å². The summed E-state index contributed by atoms with van der Waals surface area (Å²) >= 11 is 0. The Morgan fingerprint density at radius 2 is 1.40 bits per heavy atom. The predicted octanol–water partition coefficient (Wildman–Crippen LogP) is 5.27. The monoisotopic (exact) mass is 564 g/mol. The van der Waals surface area contributed by atoms with E-state index in [0.29, 0.717) is 30.5 Å². The number of hydrogen-bond acceptors (Lipinski definition) is 4. The van der Waals surface area contributed by atoms with Crippen LogP contribution in [0, 0.1) is 18.3 Å². The van der Waals surface area contributed by atoms with Crippen LogP contribution in [0.1, 0.15) is 40.3 Å². The normalized spacial score (nSPS) is 11.6. The fourth-order valence-corrected chi connectivity index (χ4v) is 4.47. The maximum Gasteiger partial charge on any atom is 0.290 e. The first-order valence-electron chi connectivity index (χ1n) is 13.6. The van der Waals surface area contributed by atoms with Gasteiger partial charge >= 0.3 is 0 Å². The van der Waals surface area contributed by atoms with Crippen LogP contribution >= 0.6 is 0 Å². The molecule has 0 bridgehead atoms. The molecule has 0 aliphatic heterocycles. The van der Waals surface area contributed by atoms with Gasteiger partial charge in [0.05, 0.1) is 6.04 Å². The molecule has 0 saturated heterocycles. The summed E-state index contributed by atoms with van der Waals surface area (Å²) in [6, 6.07) is 34.4. The largest absolute Gasteiger partial charge is 0.483 e. The number of rotatable bonds is 11. The molecule has 0 spiro atoms. The number of carbonyl (C=O) groups excluding carboxylic acids is 2. The number of nitrogens with two attached hydrogens (primary N) is 1. The van der Waals surface area contributed by atoms with Gasteiger partial charge in [-0.2, -0.15) is 0 Å². The highest BCUT2D eigenvalue weighted by Crippen LogP contribution is 2.22. The second-order valence-electron chi connectivity index (χ2n) is 9.82. The molecule has 8 heteroatoms. The van der Waals surface area contributed by atoms with Gasteiger partial charge in [0.2, 0.25) is 11.8 Å². The van der Waals surface area contributed by atoms with E-state index in [1.807, 2.05) is 67.6 Å². The first-order valence-corrected chi connectivity index (χ1v) is 13.6. The Balaban J connectivity index is 0.00000155. The van der Waals surface area contributed by atoms with E-state index in [0.717, 1.165) is 16.7 Å². The van der Waals surface area contributed by atoms with E-state index in [-0.39, 0.29) is 30.2 Å². The van der Waals surface area contributed by atoms with Crippen molar-refractivity contribution in [2.45, 2.75) is 32.2 Å². The minimum Gasteiger partial charge on any atom is -0.483 e. The van der Waals surface area contributed by atoms with E-state index < -0.39 is 5.92 Å². The minimum atomic E-state index is -0.901. The molecule has 8 nitrogen and oxygen atoms in total. The topological polar surface area (TPSA) is 145 Å². The summed E-state index contributed by atoms with van der Waals surface area (Å²) in [5, 5.41) is 20.5.